The molecule has 5 N–H and O–H groups in total. The van der Waals surface area contributed by atoms with E-state index in [4.69, 9.17) is 16.2 Å². The van der Waals surface area contributed by atoms with Gasteiger partial charge in [-0.05, 0) is 38.3 Å². The number of likely N-dealkylation sites (tertiary alicyclic amines) is 1. The van der Waals surface area contributed by atoms with Gasteiger partial charge in [-0.3, -0.25) is 19.2 Å². The van der Waals surface area contributed by atoms with E-state index in [-0.39, 0.29) is 18.9 Å². The lowest BCUT2D eigenvalue weighted by Crippen LogP contribution is -2.57. The first-order chi connectivity index (χ1) is 15.5. The predicted molar refractivity (Wildman–Crippen MR) is 118 cm³/mol. The predicted octanol–water partition coefficient (Wildman–Crippen LogP) is -0.480. The van der Waals surface area contributed by atoms with Crippen LogP contribution in [0.2, 0.25) is 0 Å². The molecule has 11 nitrogen and oxygen atoms in total. The quantitative estimate of drug-likeness (QED) is 0.519. The molecule has 1 saturated carbocycles. The number of anilines is 1. The van der Waals surface area contributed by atoms with Gasteiger partial charge in [0.25, 0.3) is 5.91 Å². The first kappa shape index (κ1) is 23.0. The van der Waals surface area contributed by atoms with E-state index < -0.39 is 41.4 Å². The number of aromatic nitrogens is 1. The topological polar surface area (TPSA) is 161 Å². The third-order valence-corrected chi connectivity index (χ3v) is 6.63. The van der Waals surface area contributed by atoms with Crippen LogP contribution >= 0.6 is 0 Å². The number of nitrogens with two attached hydrogens (primary N) is 2. The molecule has 4 rings (SSSR count). The molecule has 4 amide bonds. The number of hydrogen-bond donors (Lipinski definition) is 3. The van der Waals surface area contributed by atoms with Gasteiger partial charge < -0.3 is 31.3 Å². The largest absolute Gasteiger partial charge is 0.472 e. The lowest BCUT2D eigenvalue weighted by Gasteiger charge is -2.35. The van der Waals surface area contributed by atoms with Crippen molar-refractivity contribution in [3.8, 4) is 5.75 Å². The van der Waals surface area contributed by atoms with E-state index in [1.165, 1.54) is 16.8 Å². The molecule has 4 atom stereocenters. The summed E-state index contributed by atoms with van der Waals surface area (Å²) < 4.78 is 6.05. The minimum absolute atomic E-state index is 0.0890. The van der Waals surface area contributed by atoms with Crippen LogP contribution in [0.4, 0.5) is 5.82 Å². The van der Waals surface area contributed by atoms with Crippen molar-refractivity contribution in [2.45, 2.75) is 63.3 Å². The fourth-order valence-corrected chi connectivity index (χ4v) is 4.55. The third kappa shape index (κ3) is 4.24. The number of likely N-dealkylation sites (N-methyl/N-ethyl adjacent to an activating group) is 1. The Labute approximate surface area is 191 Å². The summed E-state index contributed by atoms with van der Waals surface area (Å²) in [6.45, 7) is 3.18. The highest BCUT2D eigenvalue weighted by Gasteiger charge is 2.57. The Morgan fingerprint density at radius 3 is 2.67 bits per heavy atom. The molecule has 1 spiro atoms. The number of carbonyl (C=O) groups is 4. The van der Waals surface area contributed by atoms with Crippen molar-refractivity contribution in [1.29, 1.82) is 0 Å². The Bertz CT molecular complexity index is 1010. The van der Waals surface area contributed by atoms with Crippen LogP contribution in [-0.4, -0.2) is 75.7 Å². The number of primary amides is 1. The Morgan fingerprint density at radius 1 is 1.36 bits per heavy atom. The molecule has 33 heavy (non-hydrogen) atoms. The van der Waals surface area contributed by atoms with Gasteiger partial charge in [-0.1, -0.05) is 12.8 Å². The number of ether oxygens (including phenoxy) is 1. The van der Waals surface area contributed by atoms with Gasteiger partial charge in [0.1, 0.15) is 12.1 Å². The average Bonchev–Trinajstić information content (AvgIpc) is 3.50. The van der Waals surface area contributed by atoms with Gasteiger partial charge in [-0.15, -0.1) is 0 Å². The number of rotatable bonds is 6. The van der Waals surface area contributed by atoms with E-state index in [0.29, 0.717) is 29.6 Å². The molecule has 1 aromatic rings. The summed E-state index contributed by atoms with van der Waals surface area (Å²) in [5.74, 6) is -1.08. The zero-order chi connectivity index (χ0) is 24.1. The second-order valence-electron chi connectivity index (χ2n) is 9.37. The first-order valence-corrected chi connectivity index (χ1v) is 11.1. The highest BCUT2D eigenvalue weighted by Crippen LogP contribution is 2.41. The third-order valence-electron chi connectivity index (χ3n) is 6.63. The Balaban J connectivity index is 1.64. The minimum atomic E-state index is -1.48. The highest BCUT2D eigenvalue weighted by molar-refractivity contribution is 6.03. The Morgan fingerprint density at radius 2 is 2.06 bits per heavy atom. The molecule has 0 radical (unpaired) electrons. The van der Waals surface area contributed by atoms with Crippen LogP contribution < -0.4 is 21.5 Å². The number of nitrogens with zero attached hydrogens (tertiary/aromatic N) is 3. The number of fused-ring (bicyclic) bond motifs is 1. The second kappa shape index (κ2) is 8.29. The normalized spacial score (nSPS) is 25.6. The van der Waals surface area contributed by atoms with E-state index in [2.05, 4.69) is 10.3 Å². The fraction of sp³-hybridized carbons (Fsp3) is 0.591. The van der Waals surface area contributed by atoms with Crippen molar-refractivity contribution < 1.29 is 23.9 Å². The highest BCUT2D eigenvalue weighted by atomic mass is 16.5. The summed E-state index contributed by atoms with van der Waals surface area (Å²) >= 11 is 0. The molecular weight excluding hydrogens is 428 g/mol. The summed E-state index contributed by atoms with van der Waals surface area (Å²) in [4.78, 5) is 58.6. The summed E-state index contributed by atoms with van der Waals surface area (Å²) in [5.41, 5.74) is 10.6. The smallest absolute Gasteiger partial charge is 0.271 e. The Kier molecular flexibility index (Phi) is 5.77. The molecule has 1 saturated heterocycles. The van der Waals surface area contributed by atoms with Crippen LogP contribution in [0.5, 0.6) is 5.75 Å². The van der Waals surface area contributed by atoms with Gasteiger partial charge >= 0.3 is 0 Å². The first-order valence-electron chi connectivity index (χ1n) is 11.1. The molecule has 3 aliphatic rings. The van der Waals surface area contributed by atoms with Crippen molar-refractivity contribution in [3.63, 3.8) is 0 Å². The number of aryl methyl sites for hydroxylation is 1. The minimum Gasteiger partial charge on any atom is -0.472 e. The molecule has 178 valence electrons. The van der Waals surface area contributed by atoms with E-state index in [0.717, 1.165) is 12.8 Å². The zero-order valence-corrected chi connectivity index (χ0v) is 19.0. The molecule has 1 aliphatic carbocycles. The lowest BCUT2D eigenvalue weighted by molar-refractivity contribution is -0.148. The molecule has 0 aromatic carbocycles. The number of nitrogens with one attached hydrogen (secondary N) is 1. The summed E-state index contributed by atoms with van der Waals surface area (Å²) in [5, 5.41) is 2.73. The molecule has 0 unspecified atom stereocenters. The van der Waals surface area contributed by atoms with Crippen LogP contribution in [0.3, 0.4) is 0 Å². The number of amides is 4. The van der Waals surface area contributed by atoms with Crippen LogP contribution in [0.15, 0.2) is 12.1 Å². The lowest BCUT2D eigenvalue weighted by atomic mass is 9.97. The van der Waals surface area contributed by atoms with E-state index >= 15 is 0 Å². The molecule has 11 heteroatoms. The maximum atomic E-state index is 13.7. The molecule has 1 aromatic heterocycles. The van der Waals surface area contributed by atoms with Crippen LogP contribution in [-0.2, 0) is 19.2 Å². The van der Waals surface area contributed by atoms with Gasteiger partial charge in [0.2, 0.25) is 23.3 Å². The average molecular weight is 459 g/mol. The standard InChI is InChI=1S/C22H30N6O5/c1-11-4-7-16-18(25-11)26-21(32)22(33-16)9-15(17(24)29)28(10-22)20(31)14(8-13-5-6-13)27(3)19(30)12(2)23/h4,7,12-15H,5-6,8-10,23H2,1-3H3,(H2,24,29)(H,25,26,32)/t12-,14-,15-,22+/m0/s1. The van der Waals surface area contributed by atoms with Crippen LogP contribution in [0, 0.1) is 12.8 Å². The zero-order valence-electron chi connectivity index (χ0n) is 19.0. The monoisotopic (exact) mass is 458 g/mol. The second-order valence-corrected chi connectivity index (χ2v) is 9.37. The van der Waals surface area contributed by atoms with Gasteiger partial charge in [0.15, 0.2) is 11.6 Å². The van der Waals surface area contributed by atoms with E-state index in [1.54, 1.807) is 26.0 Å². The van der Waals surface area contributed by atoms with Crippen molar-refractivity contribution in [3.05, 3.63) is 17.8 Å². The van der Waals surface area contributed by atoms with Gasteiger partial charge in [0.05, 0.1) is 12.6 Å². The maximum absolute atomic E-state index is 13.7. The number of hydrogen-bond acceptors (Lipinski definition) is 7. The molecule has 2 fully saturated rings. The van der Waals surface area contributed by atoms with Crippen LogP contribution in [0.25, 0.3) is 0 Å². The van der Waals surface area contributed by atoms with E-state index in [9.17, 15) is 19.2 Å². The molecular formula is C22H30N6O5. The van der Waals surface area contributed by atoms with Gasteiger partial charge in [-0.25, -0.2) is 4.98 Å². The van der Waals surface area contributed by atoms with Gasteiger partial charge in [-0.2, -0.15) is 0 Å². The fourth-order valence-electron chi connectivity index (χ4n) is 4.55. The van der Waals surface area contributed by atoms with Crippen molar-refractivity contribution in [1.82, 2.24) is 14.8 Å². The summed E-state index contributed by atoms with van der Waals surface area (Å²) in [6.07, 6.45) is 2.32. The van der Waals surface area contributed by atoms with Crippen molar-refractivity contribution in [2.24, 2.45) is 17.4 Å². The van der Waals surface area contributed by atoms with Crippen LogP contribution in [0.1, 0.15) is 38.3 Å². The SMILES string of the molecule is Cc1ccc2c(n1)NC(=O)[C@]1(C[C@@H](C(N)=O)N(C(=O)[C@H](CC3CC3)N(C)C(=O)[C@H](C)N)C1)O2. The van der Waals surface area contributed by atoms with Crippen molar-refractivity contribution >= 4 is 29.4 Å². The number of carbonyl (C=O) groups excluding carboxylic acids is 4. The molecule has 2 aliphatic heterocycles. The molecule has 3 heterocycles. The van der Waals surface area contributed by atoms with Gasteiger partial charge in [0, 0.05) is 19.2 Å². The Hall–Kier alpha value is -3.21. The number of pyridine rings is 1. The van der Waals surface area contributed by atoms with E-state index in [1.807, 2.05) is 0 Å². The van der Waals surface area contributed by atoms with Crippen molar-refractivity contribution in [2.75, 3.05) is 18.9 Å². The maximum Gasteiger partial charge on any atom is 0.271 e. The summed E-state index contributed by atoms with van der Waals surface area (Å²) in [6, 6.07) is 0.794. The molecule has 0 bridgehead atoms. The summed E-state index contributed by atoms with van der Waals surface area (Å²) in [7, 11) is 1.54.